The molecule has 0 N–H and O–H groups in total. The van der Waals surface area contributed by atoms with Crippen LogP contribution in [0.2, 0.25) is 0 Å². The number of aryl methyl sites for hydroxylation is 2. The van der Waals surface area contributed by atoms with E-state index in [-0.39, 0.29) is 39.9 Å². The van der Waals surface area contributed by atoms with Crippen LogP contribution in [0.4, 0.5) is 26.3 Å². The lowest BCUT2D eigenvalue weighted by molar-refractivity contribution is -0.353. The fourth-order valence-electron chi connectivity index (χ4n) is 5.62. The Morgan fingerprint density at radius 2 is 1.36 bits per heavy atom. The molecular formula is C32H24F6N2O2. The normalized spacial score (nSPS) is 15.8. The lowest BCUT2D eigenvalue weighted by Crippen LogP contribution is -2.56. The number of fused-ring (bicyclic) bond motifs is 2. The fourth-order valence-corrected chi connectivity index (χ4v) is 5.62. The van der Waals surface area contributed by atoms with Gasteiger partial charge in [-0.1, -0.05) is 53.6 Å². The standard InChI is InChI=1S/C32H24F6N2O2/c1-18-6-3-8-20(14-18)28-39-24-16-23(12-13-25(24)41-28)30(31(33,34)35,32(36,37)38)17-22-10-5-11-26-27(22)40-29(42-26)21-9-4-7-19(2)15-21/h3-15,23H,16-17H2,1-2H3. The Labute approximate surface area is 236 Å². The van der Waals surface area contributed by atoms with Crippen molar-refractivity contribution in [3.05, 3.63) is 101 Å². The summed E-state index contributed by atoms with van der Waals surface area (Å²) < 4.78 is 101. The van der Waals surface area contributed by atoms with Gasteiger partial charge in [0.1, 0.15) is 5.52 Å². The molecule has 0 fully saturated rings. The smallest absolute Gasteiger partial charge is 0.404 e. The van der Waals surface area contributed by atoms with E-state index in [2.05, 4.69) is 9.97 Å². The fraction of sp³-hybridized carbons (Fsp3) is 0.250. The molecule has 42 heavy (non-hydrogen) atoms. The van der Waals surface area contributed by atoms with E-state index in [0.29, 0.717) is 11.1 Å². The average molecular weight is 583 g/mol. The predicted molar refractivity (Wildman–Crippen MR) is 145 cm³/mol. The van der Waals surface area contributed by atoms with Gasteiger partial charge in [-0.3, -0.25) is 0 Å². The Kier molecular flexibility index (Phi) is 6.55. The highest BCUT2D eigenvalue weighted by Crippen LogP contribution is 2.59. The molecule has 5 aromatic rings. The van der Waals surface area contributed by atoms with Crippen molar-refractivity contribution < 1.29 is 35.2 Å². The largest absolute Gasteiger partial charge is 0.436 e. The predicted octanol–water partition coefficient (Wildman–Crippen LogP) is 9.31. The van der Waals surface area contributed by atoms with Crippen molar-refractivity contribution in [2.24, 2.45) is 11.3 Å². The van der Waals surface area contributed by atoms with Crippen molar-refractivity contribution in [2.45, 2.75) is 39.0 Å². The van der Waals surface area contributed by atoms with Crippen molar-refractivity contribution in [1.29, 1.82) is 0 Å². The van der Waals surface area contributed by atoms with Gasteiger partial charge in [-0.2, -0.15) is 26.3 Å². The van der Waals surface area contributed by atoms with Gasteiger partial charge in [0.25, 0.3) is 0 Å². The maximum Gasteiger partial charge on any atom is 0.404 e. The minimum absolute atomic E-state index is 0.0401. The maximum atomic E-state index is 14.9. The maximum absolute atomic E-state index is 14.9. The molecule has 1 unspecified atom stereocenters. The van der Waals surface area contributed by atoms with Gasteiger partial charge in [0.05, 0.1) is 5.69 Å². The SMILES string of the molecule is Cc1cccc(-c2nc3c(o2)C=CC(C(Cc2cccc4oc(-c5cccc(C)c5)nc24)(C(F)(F)F)C(F)(F)F)C3)c1. The second-order valence-corrected chi connectivity index (χ2v) is 10.7. The first kappa shape index (κ1) is 27.8. The molecule has 0 saturated heterocycles. The summed E-state index contributed by atoms with van der Waals surface area (Å²) in [6.07, 6.45) is -11.2. The first-order valence-electron chi connectivity index (χ1n) is 13.2. The van der Waals surface area contributed by atoms with Crippen LogP contribution >= 0.6 is 0 Å². The number of halogens is 6. The van der Waals surface area contributed by atoms with Crippen LogP contribution < -0.4 is 0 Å². The molecule has 1 aliphatic rings. The van der Waals surface area contributed by atoms with E-state index in [1.54, 1.807) is 36.4 Å². The molecule has 2 heterocycles. The Morgan fingerprint density at radius 3 is 1.95 bits per heavy atom. The summed E-state index contributed by atoms with van der Waals surface area (Å²) in [4.78, 5) is 8.66. The third kappa shape index (κ3) is 4.68. The number of benzene rings is 3. The van der Waals surface area contributed by atoms with Crippen LogP contribution in [-0.4, -0.2) is 22.3 Å². The molecule has 4 nitrogen and oxygen atoms in total. The topological polar surface area (TPSA) is 52.1 Å². The number of alkyl halides is 6. The highest BCUT2D eigenvalue weighted by Gasteiger charge is 2.73. The number of aromatic nitrogens is 2. The van der Waals surface area contributed by atoms with Crippen molar-refractivity contribution >= 4 is 17.2 Å². The molecule has 0 spiro atoms. The van der Waals surface area contributed by atoms with Gasteiger partial charge in [-0.05, 0) is 62.2 Å². The van der Waals surface area contributed by atoms with Crippen molar-refractivity contribution in [3.63, 3.8) is 0 Å². The molecule has 0 bridgehead atoms. The first-order chi connectivity index (χ1) is 19.9. The van der Waals surface area contributed by atoms with Crippen LogP contribution in [0.3, 0.4) is 0 Å². The van der Waals surface area contributed by atoms with Gasteiger partial charge >= 0.3 is 12.4 Å². The van der Waals surface area contributed by atoms with Crippen molar-refractivity contribution in [2.75, 3.05) is 0 Å². The zero-order valence-corrected chi connectivity index (χ0v) is 22.5. The molecule has 2 aromatic heterocycles. The van der Waals surface area contributed by atoms with E-state index in [4.69, 9.17) is 8.83 Å². The second kappa shape index (κ2) is 9.89. The zero-order chi connectivity index (χ0) is 29.9. The van der Waals surface area contributed by atoms with Gasteiger partial charge in [0.2, 0.25) is 11.8 Å². The molecule has 1 aliphatic carbocycles. The van der Waals surface area contributed by atoms with E-state index >= 15 is 0 Å². The van der Waals surface area contributed by atoms with Crippen molar-refractivity contribution in [3.8, 4) is 22.9 Å². The van der Waals surface area contributed by atoms with E-state index in [9.17, 15) is 26.3 Å². The lowest BCUT2D eigenvalue weighted by Gasteiger charge is -2.42. The highest BCUT2D eigenvalue weighted by atomic mass is 19.4. The van der Waals surface area contributed by atoms with Gasteiger partial charge in [0, 0.05) is 23.5 Å². The van der Waals surface area contributed by atoms with Gasteiger partial charge in [-0.15, -0.1) is 0 Å². The molecule has 10 heteroatoms. The van der Waals surface area contributed by atoms with Crippen LogP contribution in [0, 0.1) is 25.2 Å². The van der Waals surface area contributed by atoms with Crippen LogP contribution in [0.25, 0.3) is 40.1 Å². The summed E-state index contributed by atoms with van der Waals surface area (Å²) >= 11 is 0. The quantitative estimate of drug-likeness (QED) is 0.194. The average Bonchev–Trinajstić information content (AvgIpc) is 3.55. The third-order valence-corrected chi connectivity index (χ3v) is 7.77. The third-order valence-electron chi connectivity index (χ3n) is 7.77. The van der Waals surface area contributed by atoms with Gasteiger partial charge < -0.3 is 8.83 Å². The van der Waals surface area contributed by atoms with Crippen LogP contribution in [0.5, 0.6) is 0 Å². The minimum atomic E-state index is -5.66. The Balaban J connectivity index is 1.43. The van der Waals surface area contributed by atoms with Crippen molar-refractivity contribution in [1.82, 2.24) is 9.97 Å². The monoisotopic (exact) mass is 582 g/mol. The van der Waals surface area contributed by atoms with E-state index in [1.165, 1.54) is 18.2 Å². The van der Waals surface area contributed by atoms with E-state index in [1.807, 2.05) is 26.0 Å². The number of allylic oxidation sites excluding steroid dienone is 1. The molecule has 3 aromatic carbocycles. The Hall–Kier alpha value is -4.34. The number of para-hydroxylation sites is 1. The summed E-state index contributed by atoms with van der Waals surface area (Å²) in [5, 5.41) is 0. The number of rotatable bonds is 5. The second-order valence-electron chi connectivity index (χ2n) is 10.7. The molecule has 0 saturated carbocycles. The molecule has 216 valence electrons. The number of hydrogen-bond donors (Lipinski definition) is 0. The molecule has 0 aliphatic heterocycles. The van der Waals surface area contributed by atoms with Crippen LogP contribution in [0.15, 0.2) is 81.6 Å². The molecule has 6 rings (SSSR count). The van der Waals surface area contributed by atoms with Gasteiger partial charge in [0.15, 0.2) is 16.8 Å². The summed E-state index contributed by atoms with van der Waals surface area (Å²) in [5.41, 5.74) is -1.32. The zero-order valence-electron chi connectivity index (χ0n) is 22.5. The van der Waals surface area contributed by atoms with E-state index in [0.717, 1.165) is 23.3 Å². The number of hydrogen-bond acceptors (Lipinski definition) is 4. The summed E-state index contributed by atoms with van der Waals surface area (Å²) in [7, 11) is 0. The van der Waals surface area contributed by atoms with Crippen LogP contribution in [0.1, 0.15) is 28.1 Å². The molecule has 0 radical (unpaired) electrons. The van der Waals surface area contributed by atoms with Gasteiger partial charge in [-0.25, -0.2) is 9.97 Å². The summed E-state index contributed by atoms with van der Waals surface area (Å²) in [6.45, 7) is 3.70. The number of nitrogens with zero attached hydrogens (tertiary/aromatic N) is 2. The molecular weight excluding hydrogens is 558 g/mol. The molecule has 1 atom stereocenters. The lowest BCUT2D eigenvalue weighted by atomic mass is 9.66. The highest BCUT2D eigenvalue weighted by molar-refractivity contribution is 5.80. The van der Waals surface area contributed by atoms with Crippen LogP contribution in [-0.2, 0) is 12.8 Å². The summed E-state index contributed by atoms with van der Waals surface area (Å²) in [6, 6.07) is 18.3. The number of oxazole rings is 2. The Morgan fingerprint density at radius 1 is 0.762 bits per heavy atom. The minimum Gasteiger partial charge on any atom is -0.436 e. The first-order valence-corrected chi connectivity index (χ1v) is 13.2. The molecule has 0 amide bonds. The summed E-state index contributed by atoms with van der Waals surface area (Å²) in [5.74, 6) is -1.62. The Bertz CT molecular complexity index is 1800. The van der Waals surface area contributed by atoms with E-state index < -0.39 is 36.5 Å².